The predicted octanol–water partition coefficient (Wildman–Crippen LogP) is 1.47. The SMILES string of the molecule is COCC(C)(N)c1noc(-c2cccc([N+](=O)[O-])c2)n1. The van der Waals surface area contributed by atoms with Crippen LogP contribution in [0.25, 0.3) is 11.5 Å². The third-order valence-corrected chi connectivity index (χ3v) is 2.68. The molecule has 1 unspecified atom stereocenters. The van der Waals surface area contributed by atoms with Crippen molar-refractivity contribution in [2.75, 3.05) is 13.7 Å². The van der Waals surface area contributed by atoms with Gasteiger partial charge in [0.2, 0.25) is 0 Å². The minimum absolute atomic E-state index is 0.0466. The molecule has 0 aliphatic carbocycles. The van der Waals surface area contributed by atoms with E-state index >= 15 is 0 Å². The van der Waals surface area contributed by atoms with Crippen molar-refractivity contribution in [3.8, 4) is 11.5 Å². The number of rotatable bonds is 5. The number of non-ortho nitro benzene ring substituents is 1. The number of hydrogen-bond acceptors (Lipinski definition) is 7. The summed E-state index contributed by atoms with van der Waals surface area (Å²) in [5.74, 6) is 0.456. The molecule has 0 aliphatic heterocycles. The number of benzene rings is 1. The maximum Gasteiger partial charge on any atom is 0.270 e. The highest BCUT2D eigenvalue weighted by Gasteiger charge is 2.28. The van der Waals surface area contributed by atoms with E-state index in [1.54, 1.807) is 19.1 Å². The molecule has 1 atom stereocenters. The van der Waals surface area contributed by atoms with Crippen LogP contribution in [0.15, 0.2) is 28.8 Å². The number of nitrogens with two attached hydrogens (primary N) is 1. The molecule has 0 saturated heterocycles. The smallest absolute Gasteiger partial charge is 0.270 e. The second-order valence-electron chi connectivity index (χ2n) is 4.58. The van der Waals surface area contributed by atoms with Gasteiger partial charge in [-0.25, -0.2) is 0 Å². The minimum atomic E-state index is -0.892. The molecular formula is C12H14N4O4. The topological polar surface area (TPSA) is 117 Å². The summed E-state index contributed by atoms with van der Waals surface area (Å²) in [6.07, 6.45) is 0. The van der Waals surface area contributed by atoms with Crippen molar-refractivity contribution in [3.63, 3.8) is 0 Å². The molecule has 1 aromatic carbocycles. The summed E-state index contributed by atoms with van der Waals surface area (Å²) in [5.41, 5.74) is 5.53. The Labute approximate surface area is 114 Å². The van der Waals surface area contributed by atoms with Gasteiger partial charge in [-0.3, -0.25) is 10.1 Å². The first-order chi connectivity index (χ1) is 9.44. The summed E-state index contributed by atoms with van der Waals surface area (Å²) in [7, 11) is 1.52. The molecule has 0 amide bonds. The summed E-state index contributed by atoms with van der Waals surface area (Å²) in [6.45, 7) is 1.93. The van der Waals surface area contributed by atoms with Gasteiger partial charge in [0.1, 0.15) is 5.54 Å². The number of ether oxygens (including phenoxy) is 1. The van der Waals surface area contributed by atoms with Gasteiger partial charge in [0, 0.05) is 24.8 Å². The molecule has 8 nitrogen and oxygen atoms in total. The number of methoxy groups -OCH3 is 1. The van der Waals surface area contributed by atoms with Crippen molar-refractivity contribution >= 4 is 5.69 Å². The van der Waals surface area contributed by atoms with Gasteiger partial charge in [-0.1, -0.05) is 11.2 Å². The molecule has 2 aromatic rings. The van der Waals surface area contributed by atoms with Crippen LogP contribution in [0.3, 0.4) is 0 Å². The summed E-state index contributed by atoms with van der Waals surface area (Å²) >= 11 is 0. The number of nitro groups is 1. The van der Waals surface area contributed by atoms with E-state index in [1.165, 1.54) is 19.2 Å². The fourth-order valence-electron chi connectivity index (χ4n) is 1.69. The van der Waals surface area contributed by atoms with E-state index in [4.69, 9.17) is 15.0 Å². The zero-order valence-electron chi connectivity index (χ0n) is 11.1. The van der Waals surface area contributed by atoms with Crippen LogP contribution in [0.4, 0.5) is 5.69 Å². The number of aromatic nitrogens is 2. The van der Waals surface area contributed by atoms with E-state index in [-0.39, 0.29) is 24.0 Å². The minimum Gasteiger partial charge on any atom is -0.382 e. The second kappa shape index (κ2) is 5.35. The van der Waals surface area contributed by atoms with Gasteiger partial charge >= 0.3 is 0 Å². The molecule has 0 spiro atoms. The van der Waals surface area contributed by atoms with Crippen LogP contribution in [0.1, 0.15) is 12.7 Å². The van der Waals surface area contributed by atoms with Crippen LogP contribution < -0.4 is 5.73 Å². The maximum absolute atomic E-state index is 10.7. The fraction of sp³-hybridized carbons (Fsp3) is 0.333. The first-order valence-corrected chi connectivity index (χ1v) is 5.81. The highest BCUT2D eigenvalue weighted by Crippen LogP contribution is 2.24. The molecule has 2 rings (SSSR count). The molecule has 106 valence electrons. The average Bonchev–Trinajstić information content (AvgIpc) is 2.89. The van der Waals surface area contributed by atoms with E-state index in [0.29, 0.717) is 5.56 Å². The molecule has 0 aliphatic rings. The summed E-state index contributed by atoms with van der Waals surface area (Å²) in [6, 6.07) is 5.95. The number of nitrogens with zero attached hydrogens (tertiary/aromatic N) is 3. The van der Waals surface area contributed by atoms with Crippen LogP contribution in [0.2, 0.25) is 0 Å². The number of hydrogen-bond donors (Lipinski definition) is 1. The fourth-order valence-corrected chi connectivity index (χ4v) is 1.69. The lowest BCUT2D eigenvalue weighted by atomic mass is 10.1. The highest BCUT2D eigenvalue weighted by molar-refractivity contribution is 5.57. The van der Waals surface area contributed by atoms with Crippen LogP contribution in [0.5, 0.6) is 0 Å². The maximum atomic E-state index is 10.7. The Kier molecular flexibility index (Phi) is 3.77. The van der Waals surface area contributed by atoms with Crippen molar-refractivity contribution < 1.29 is 14.2 Å². The lowest BCUT2D eigenvalue weighted by Gasteiger charge is -2.18. The van der Waals surface area contributed by atoms with Crippen LogP contribution in [-0.4, -0.2) is 28.8 Å². The average molecular weight is 278 g/mol. The van der Waals surface area contributed by atoms with Crippen molar-refractivity contribution in [2.45, 2.75) is 12.5 Å². The van der Waals surface area contributed by atoms with Gasteiger partial charge in [-0.05, 0) is 13.0 Å². The van der Waals surface area contributed by atoms with Crippen molar-refractivity contribution in [1.29, 1.82) is 0 Å². The standard InChI is InChI=1S/C12H14N4O4/c1-12(13,7-19-2)11-14-10(20-15-11)8-4-3-5-9(6-8)16(17)18/h3-6H,7,13H2,1-2H3. The predicted molar refractivity (Wildman–Crippen MR) is 69.8 cm³/mol. The van der Waals surface area contributed by atoms with Gasteiger partial charge < -0.3 is 15.0 Å². The molecule has 0 bridgehead atoms. The lowest BCUT2D eigenvalue weighted by molar-refractivity contribution is -0.384. The first-order valence-electron chi connectivity index (χ1n) is 5.81. The van der Waals surface area contributed by atoms with E-state index in [1.807, 2.05) is 0 Å². The molecular weight excluding hydrogens is 264 g/mol. The molecule has 8 heteroatoms. The Bertz CT molecular complexity index is 623. The van der Waals surface area contributed by atoms with E-state index in [9.17, 15) is 10.1 Å². The monoisotopic (exact) mass is 278 g/mol. The third-order valence-electron chi connectivity index (χ3n) is 2.68. The molecule has 0 radical (unpaired) electrons. The first kappa shape index (κ1) is 14.1. The second-order valence-corrected chi connectivity index (χ2v) is 4.58. The lowest BCUT2D eigenvalue weighted by Crippen LogP contribution is -2.38. The van der Waals surface area contributed by atoms with Gasteiger partial charge in [-0.15, -0.1) is 0 Å². The molecule has 1 heterocycles. The van der Waals surface area contributed by atoms with Gasteiger partial charge in [0.15, 0.2) is 5.82 Å². The van der Waals surface area contributed by atoms with E-state index < -0.39 is 10.5 Å². The summed E-state index contributed by atoms with van der Waals surface area (Å²) in [5, 5.41) is 14.5. The Morgan fingerprint density at radius 3 is 2.95 bits per heavy atom. The van der Waals surface area contributed by atoms with E-state index in [0.717, 1.165) is 0 Å². The molecule has 2 N–H and O–H groups in total. The van der Waals surface area contributed by atoms with Crippen molar-refractivity contribution in [2.24, 2.45) is 5.73 Å². The molecule has 1 aromatic heterocycles. The summed E-state index contributed by atoms with van der Waals surface area (Å²) in [4.78, 5) is 14.4. The normalized spacial score (nSPS) is 13.9. The van der Waals surface area contributed by atoms with Gasteiger partial charge in [-0.2, -0.15) is 4.98 Å². The highest BCUT2D eigenvalue weighted by atomic mass is 16.6. The van der Waals surface area contributed by atoms with Gasteiger partial charge in [0.25, 0.3) is 11.6 Å². The third kappa shape index (κ3) is 2.81. The van der Waals surface area contributed by atoms with Crippen LogP contribution in [-0.2, 0) is 10.3 Å². The van der Waals surface area contributed by atoms with Crippen molar-refractivity contribution in [3.05, 3.63) is 40.2 Å². The van der Waals surface area contributed by atoms with Crippen LogP contribution in [0, 0.1) is 10.1 Å². The quantitative estimate of drug-likeness (QED) is 0.649. The molecule has 0 saturated carbocycles. The Morgan fingerprint density at radius 2 is 2.30 bits per heavy atom. The largest absolute Gasteiger partial charge is 0.382 e. The zero-order chi connectivity index (χ0) is 14.8. The van der Waals surface area contributed by atoms with Crippen molar-refractivity contribution in [1.82, 2.24) is 10.1 Å². The molecule has 0 fully saturated rings. The number of nitro benzene ring substituents is 1. The Balaban J connectivity index is 2.33. The summed E-state index contributed by atoms with van der Waals surface area (Å²) < 4.78 is 10.1. The van der Waals surface area contributed by atoms with E-state index in [2.05, 4.69) is 10.1 Å². The Hall–Kier alpha value is -2.32. The zero-order valence-corrected chi connectivity index (χ0v) is 11.1. The Morgan fingerprint density at radius 1 is 1.55 bits per heavy atom. The molecule has 20 heavy (non-hydrogen) atoms. The van der Waals surface area contributed by atoms with Gasteiger partial charge in [0.05, 0.1) is 11.5 Å². The van der Waals surface area contributed by atoms with Crippen LogP contribution >= 0.6 is 0 Å².